The molecule has 0 nitrogen and oxygen atoms in total. The average molecular weight is 320 g/mol. The van der Waals surface area contributed by atoms with Gasteiger partial charge >= 0.3 is 0 Å². The SMILES string of the molecule is CC[C](C1CC(C)CCC1C(C)C)C1CC(C)CCC1C(C)C. The van der Waals surface area contributed by atoms with Gasteiger partial charge in [-0.05, 0) is 85.4 Å². The molecule has 6 atom stereocenters. The molecule has 0 heterocycles. The van der Waals surface area contributed by atoms with Crippen LogP contribution in [0.3, 0.4) is 0 Å². The van der Waals surface area contributed by atoms with Crippen LogP contribution in [0.1, 0.15) is 93.4 Å². The summed E-state index contributed by atoms with van der Waals surface area (Å²) in [6.07, 6.45) is 10.2. The molecule has 23 heavy (non-hydrogen) atoms. The van der Waals surface area contributed by atoms with E-state index in [1.54, 1.807) is 0 Å². The van der Waals surface area contributed by atoms with Gasteiger partial charge in [0.25, 0.3) is 0 Å². The normalized spacial score (nSPS) is 39.4. The maximum Gasteiger partial charge on any atom is -0.0176 e. The van der Waals surface area contributed by atoms with Crippen molar-refractivity contribution in [3.63, 3.8) is 0 Å². The van der Waals surface area contributed by atoms with Crippen molar-refractivity contribution in [3.8, 4) is 0 Å². The fraction of sp³-hybridized carbons (Fsp3) is 0.957. The molecule has 6 unspecified atom stereocenters. The fourth-order valence-corrected chi connectivity index (χ4v) is 6.06. The van der Waals surface area contributed by atoms with Crippen molar-refractivity contribution in [1.29, 1.82) is 0 Å². The maximum atomic E-state index is 2.50. The third kappa shape index (κ3) is 4.55. The van der Waals surface area contributed by atoms with E-state index in [2.05, 4.69) is 48.5 Å². The van der Waals surface area contributed by atoms with Gasteiger partial charge in [0, 0.05) is 0 Å². The minimum atomic E-state index is 0.854. The molecule has 2 aliphatic rings. The molecule has 135 valence electrons. The molecule has 0 aromatic rings. The second kappa shape index (κ2) is 8.39. The summed E-state index contributed by atoms with van der Waals surface area (Å²) in [7, 11) is 0. The van der Waals surface area contributed by atoms with Gasteiger partial charge in [-0.15, -0.1) is 0 Å². The topological polar surface area (TPSA) is 0 Å². The summed E-state index contributed by atoms with van der Waals surface area (Å²) in [5, 5.41) is 0. The van der Waals surface area contributed by atoms with Crippen LogP contribution in [0.25, 0.3) is 0 Å². The van der Waals surface area contributed by atoms with E-state index in [-0.39, 0.29) is 0 Å². The van der Waals surface area contributed by atoms with Crippen LogP contribution in [0.5, 0.6) is 0 Å². The van der Waals surface area contributed by atoms with Crippen molar-refractivity contribution in [3.05, 3.63) is 5.92 Å². The van der Waals surface area contributed by atoms with Crippen LogP contribution in [0.4, 0.5) is 0 Å². The Bertz CT molecular complexity index is 310. The van der Waals surface area contributed by atoms with Gasteiger partial charge < -0.3 is 0 Å². The molecule has 2 rings (SSSR count). The number of hydrogen-bond donors (Lipinski definition) is 0. The van der Waals surface area contributed by atoms with E-state index in [4.69, 9.17) is 0 Å². The molecule has 0 aliphatic heterocycles. The zero-order valence-electron chi connectivity index (χ0n) is 17.1. The van der Waals surface area contributed by atoms with Gasteiger partial charge in [-0.3, -0.25) is 0 Å². The quantitative estimate of drug-likeness (QED) is 0.495. The Morgan fingerprint density at radius 1 is 0.739 bits per heavy atom. The molecule has 2 fully saturated rings. The van der Waals surface area contributed by atoms with Gasteiger partial charge in [-0.25, -0.2) is 0 Å². The Morgan fingerprint density at radius 3 is 1.43 bits per heavy atom. The molecule has 2 saturated carbocycles. The summed E-state index contributed by atoms with van der Waals surface area (Å²) in [5.41, 5.74) is 0. The summed E-state index contributed by atoms with van der Waals surface area (Å²) < 4.78 is 0. The van der Waals surface area contributed by atoms with Gasteiger partial charge in [0.1, 0.15) is 0 Å². The van der Waals surface area contributed by atoms with E-state index >= 15 is 0 Å². The lowest BCUT2D eigenvalue weighted by Gasteiger charge is -2.49. The van der Waals surface area contributed by atoms with E-state index in [1.807, 2.05) is 5.92 Å². The first kappa shape index (κ1) is 19.3. The van der Waals surface area contributed by atoms with Crippen molar-refractivity contribution >= 4 is 0 Å². The van der Waals surface area contributed by atoms with E-state index in [1.165, 1.54) is 44.9 Å². The molecule has 0 heteroatoms. The van der Waals surface area contributed by atoms with Crippen LogP contribution in [0, 0.1) is 53.3 Å². The molecule has 0 spiro atoms. The largest absolute Gasteiger partial charge is 0.0648 e. The Morgan fingerprint density at radius 2 is 1.13 bits per heavy atom. The molecule has 2 aliphatic carbocycles. The summed E-state index contributed by atoms with van der Waals surface area (Å²) >= 11 is 0. The van der Waals surface area contributed by atoms with Crippen LogP contribution in [-0.4, -0.2) is 0 Å². The monoisotopic (exact) mass is 319 g/mol. The van der Waals surface area contributed by atoms with Gasteiger partial charge in [-0.2, -0.15) is 0 Å². The summed E-state index contributed by atoms with van der Waals surface area (Å²) in [4.78, 5) is 0. The highest BCUT2D eigenvalue weighted by molar-refractivity contribution is 5.08. The van der Waals surface area contributed by atoms with Crippen LogP contribution in [-0.2, 0) is 0 Å². The first-order chi connectivity index (χ1) is 10.8. The summed E-state index contributed by atoms with van der Waals surface area (Å²) in [6, 6.07) is 0. The first-order valence-corrected chi connectivity index (χ1v) is 10.7. The molecule has 1 radical (unpaired) electrons. The van der Waals surface area contributed by atoms with Gasteiger partial charge in [0.2, 0.25) is 0 Å². The lowest BCUT2D eigenvalue weighted by atomic mass is 9.56. The second-order valence-corrected chi connectivity index (χ2v) is 9.79. The highest BCUT2D eigenvalue weighted by Gasteiger charge is 2.43. The van der Waals surface area contributed by atoms with Crippen molar-refractivity contribution < 1.29 is 0 Å². The third-order valence-corrected chi connectivity index (χ3v) is 7.41. The van der Waals surface area contributed by atoms with Crippen LogP contribution in [0.15, 0.2) is 0 Å². The van der Waals surface area contributed by atoms with Crippen molar-refractivity contribution in [1.82, 2.24) is 0 Å². The zero-order valence-corrected chi connectivity index (χ0v) is 17.1. The average Bonchev–Trinajstić information content (AvgIpc) is 2.47. The second-order valence-electron chi connectivity index (χ2n) is 9.79. The van der Waals surface area contributed by atoms with Gasteiger partial charge in [-0.1, -0.05) is 61.3 Å². The molecular weight excluding hydrogens is 276 g/mol. The molecular formula is C23H43. The minimum absolute atomic E-state index is 0.854. The number of hydrogen-bond acceptors (Lipinski definition) is 0. The third-order valence-electron chi connectivity index (χ3n) is 7.41. The van der Waals surface area contributed by atoms with Crippen LogP contribution in [0.2, 0.25) is 0 Å². The number of rotatable bonds is 5. The van der Waals surface area contributed by atoms with E-state index in [9.17, 15) is 0 Å². The summed E-state index contributed by atoms with van der Waals surface area (Å²) in [5.74, 6) is 9.31. The molecule has 0 amide bonds. The van der Waals surface area contributed by atoms with Crippen LogP contribution < -0.4 is 0 Å². The van der Waals surface area contributed by atoms with Crippen molar-refractivity contribution in [2.24, 2.45) is 47.3 Å². The smallest absolute Gasteiger partial charge is 0.0176 e. The Labute approximate surface area is 147 Å². The molecule has 0 aromatic carbocycles. The standard InChI is InChI=1S/C23H43/c1-8-19(22-13-17(6)9-11-20(22)15(2)3)23-14-18(7)10-12-21(23)16(4)5/h15-18,20-23H,8-14H2,1-7H3. The predicted octanol–water partition coefficient (Wildman–Crippen LogP) is 7.39. The molecule has 0 bridgehead atoms. The van der Waals surface area contributed by atoms with E-state index < -0.39 is 0 Å². The van der Waals surface area contributed by atoms with Gasteiger partial charge in [0.15, 0.2) is 0 Å². The lowest BCUT2D eigenvalue weighted by molar-refractivity contribution is 0.0851. The van der Waals surface area contributed by atoms with Gasteiger partial charge in [0.05, 0.1) is 0 Å². The fourth-order valence-electron chi connectivity index (χ4n) is 6.06. The van der Waals surface area contributed by atoms with E-state index in [0.717, 1.165) is 47.3 Å². The predicted molar refractivity (Wildman–Crippen MR) is 103 cm³/mol. The van der Waals surface area contributed by atoms with E-state index in [0.29, 0.717) is 0 Å². The minimum Gasteiger partial charge on any atom is -0.0648 e. The highest BCUT2D eigenvalue weighted by atomic mass is 14.5. The Balaban J connectivity index is 2.23. The Kier molecular flexibility index (Phi) is 7.05. The maximum absolute atomic E-state index is 2.50. The van der Waals surface area contributed by atoms with Crippen molar-refractivity contribution in [2.45, 2.75) is 93.4 Å². The lowest BCUT2D eigenvalue weighted by Crippen LogP contribution is -2.40. The van der Waals surface area contributed by atoms with Crippen molar-refractivity contribution in [2.75, 3.05) is 0 Å². The molecule has 0 saturated heterocycles. The highest BCUT2D eigenvalue weighted by Crippen LogP contribution is 2.52. The first-order valence-electron chi connectivity index (χ1n) is 10.7. The van der Waals surface area contributed by atoms with Crippen LogP contribution >= 0.6 is 0 Å². The molecule has 0 aromatic heterocycles. The molecule has 0 N–H and O–H groups in total. The Hall–Kier alpha value is 0. The summed E-state index contributed by atoms with van der Waals surface area (Å²) in [6.45, 7) is 17.4. The zero-order chi connectivity index (χ0) is 17.1.